The minimum Gasteiger partial charge on any atom is -0.496 e. The van der Waals surface area contributed by atoms with Crippen LogP contribution in [0, 0.1) is 59.2 Å². The normalized spacial score (nSPS) is 22.9. The van der Waals surface area contributed by atoms with Crippen LogP contribution < -0.4 is 35.3 Å². The van der Waals surface area contributed by atoms with Gasteiger partial charge < -0.3 is 65.1 Å². The average molecular weight is 1600 g/mol. The number of aliphatic carboxylic acids is 2. The van der Waals surface area contributed by atoms with Gasteiger partial charge in [0.15, 0.2) is 11.4 Å². The molecule has 25 heteroatoms. The molecule has 0 saturated heterocycles. The Bertz CT molecular complexity index is 4450. The minimum absolute atomic E-state index is 0.0592. The fourth-order valence-corrected chi connectivity index (χ4v) is 21.2. The second kappa shape index (κ2) is 37.2. The van der Waals surface area contributed by atoms with Crippen molar-refractivity contribution < 1.29 is 64.1 Å². The first-order valence-corrected chi connectivity index (χ1v) is 42.3. The number of hydrogen-bond donors (Lipinski definition) is 5. The highest BCUT2D eigenvalue weighted by Crippen LogP contribution is 2.60. The summed E-state index contributed by atoms with van der Waals surface area (Å²) in [5.41, 5.74) is 5.97. The van der Waals surface area contributed by atoms with Crippen LogP contribution in [0.5, 0.6) is 23.0 Å². The molecule has 0 aliphatic heterocycles. The number of methoxy groups -OCH3 is 4. The van der Waals surface area contributed by atoms with Crippen molar-refractivity contribution in [1.82, 2.24) is 54.7 Å². The number of carbonyl (C=O) groups is 7. The second-order valence-corrected chi connectivity index (χ2v) is 35.4. The number of aromatic nitrogens is 4. The van der Waals surface area contributed by atoms with Crippen molar-refractivity contribution in [2.75, 3.05) is 123 Å². The summed E-state index contributed by atoms with van der Waals surface area (Å²) in [5, 5.41) is 38.0. The summed E-state index contributed by atoms with van der Waals surface area (Å²) in [6.07, 6.45) is 14.1. The number of Topliss-reactive ketones (excluding diaryl/α,β-unsaturated/α-hetero) is 1. The number of carboxylic acid groups (broad SMARTS) is 2. The molecule has 628 valence electrons. The molecule has 8 fully saturated rings. The number of nitrogens with two attached hydrogens (primary N) is 1. The average Bonchev–Trinajstić information content (AvgIpc) is 1.07. The summed E-state index contributed by atoms with van der Waals surface area (Å²) in [6, 6.07) is 25.4. The van der Waals surface area contributed by atoms with Gasteiger partial charge in [-0.1, -0.05) is 46.8 Å². The summed E-state index contributed by atoms with van der Waals surface area (Å²) in [4.78, 5) is 109. The SMILES string of the molecule is [2H]NCCCC(C(=O)CN(C)CCCN(C)CCCN(C)C(=O)c1ccc(-n2nc(C(=O)NC3(C(=O)O)C4CC5CC(C4)CC3C5)cc2-c2c(OC)cccc2OC)c(C(C)C)c1)C(C)CCCN(C)CCCN(C)C(=O)c1ccc(-n2nc(C(=O)NC3(C(=O)O)C4CC5CC(C4)CC3C5)cc2-c2c(OC)cccc2OC)c(C(C)C)c1. The molecule has 2 aromatic heterocycles. The highest BCUT2D eigenvalue weighted by Gasteiger charge is 2.64. The molecule has 25 nitrogen and oxygen atoms in total. The monoisotopic (exact) mass is 1600 g/mol. The maximum Gasteiger partial charge on any atom is 0.330 e. The van der Waals surface area contributed by atoms with Gasteiger partial charge in [0.05, 0.1) is 68.9 Å². The molecule has 8 bridgehead atoms. The predicted molar refractivity (Wildman–Crippen MR) is 448 cm³/mol. The van der Waals surface area contributed by atoms with Crippen molar-refractivity contribution in [3.05, 3.63) is 119 Å². The van der Waals surface area contributed by atoms with Gasteiger partial charge in [-0.2, -0.15) is 10.2 Å². The van der Waals surface area contributed by atoms with E-state index in [1.54, 1.807) is 71.9 Å². The summed E-state index contributed by atoms with van der Waals surface area (Å²) < 4.78 is 34.5. The number of ketones is 1. The molecule has 116 heavy (non-hydrogen) atoms. The Hall–Kier alpha value is -9.17. The molecule has 4 aromatic carbocycles. The highest BCUT2D eigenvalue weighted by molar-refractivity contribution is 6.00. The number of carbonyl (C=O) groups excluding carboxylic acids is 5. The Balaban J connectivity index is 0.601. The molecule has 8 saturated carbocycles. The van der Waals surface area contributed by atoms with Gasteiger partial charge in [-0.3, -0.25) is 28.9 Å². The first kappa shape index (κ1) is 84.7. The lowest BCUT2D eigenvalue weighted by Crippen LogP contribution is -2.70. The Labute approximate surface area is 686 Å². The quantitative estimate of drug-likeness (QED) is 0.0222. The van der Waals surface area contributed by atoms with Gasteiger partial charge in [0, 0.05) is 44.2 Å². The van der Waals surface area contributed by atoms with Crippen molar-refractivity contribution in [3.63, 3.8) is 0 Å². The van der Waals surface area contributed by atoms with E-state index in [0.29, 0.717) is 124 Å². The second-order valence-electron chi connectivity index (χ2n) is 35.4. The zero-order valence-electron chi connectivity index (χ0n) is 71.8. The van der Waals surface area contributed by atoms with E-state index in [1.165, 1.54) is 0 Å². The van der Waals surface area contributed by atoms with Crippen LogP contribution in [0.2, 0.25) is 1.41 Å². The molecule has 2 atom stereocenters. The van der Waals surface area contributed by atoms with Crippen molar-refractivity contribution in [2.45, 2.75) is 167 Å². The number of benzene rings is 4. The molecule has 6 N–H and O–H groups in total. The van der Waals surface area contributed by atoms with Gasteiger partial charge in [0.25, 0.3) is 23.6 Å². The third-order valence-electron chi connectivity index (χ3n) is 27.0. The van der Waals surface area contributed by atoms with E-state index in [0.717, 1.165) is 147 Å². The van der Waals surface area contributed by atoms with Gasteiger partial charge in [-0.05, 0) is 319 Å². The molecule has 14 rings (SSSR count). The van der Waals surface area contributed by atoms with Gasteiger partial charge in [0.1, 0.15) is 41.3 Å². The van der Waals surface area contributed by atoms with E-state index >= 15 is 0 Å². The zero-order chi connectivity index (χ0) is 83.9. The molecule has 8 aliphatic carbocycles. The van der Waals surface area contributed by atoms with Gasteiger partial charge in [0.2, 0.25) is 0 Å². The van der Waals surface area contributed by atoms with E-state index in [-0.39, 0.29) is 76.3 Å². The molecule has 6 aromatic rings. The number of nitrogens with one attached hydrogen (secondary N) is 2. The molecule has 4 amide bonds. The predicted octanol–water partition coefficient (Wildman–Crippen LogP) is 12.8. The standard InChI is InChI=1S/C91H126N12O13/c1-55(2)69-50-62(28-30-73(69)102-75(82-78(113-11)24-15-25-79(82)114-12)52-71(95-102)84(105)93-90(88(109)110)64-42-58-40-59(44-64)45-65(90)43-58)86(107)100(9)38-20-35-97(6)33-18-22-57(5)68(23-17-32-92)77(104)54-99(8)37-19-34-98(7)36-21-39-101(10)87(108)63-29-31-74(70(51-63)56(3)4)103-76(83-80(115-13)26-16-27-81(83)116-14)53-72(96-103)85(106)94-91(89(111)112)66-46-60-41-61(48-66)49-67(91)47-60/h15-16,24-31,50-53,55-61,64-68H,17-23,32-49,54,92H2,1-14H3,(H,93,105)(H,94,106)(H,109,110)(H,111,112)/i/hD. The zero-order valence-corrected chi connectivity index (χ0v) is 70.8. The van der Waals surface area contributed by atoms with Crippen molar-refractivity contribution in [1.29, 1.82) is 0 Å². The van der Waals surface area contributed by atoms with Gasteiger partial charge in [-0.25, -0.2) is 19.0 Å². The van der Waals surface area contributed by atoms with Crippen LogP contribution >= 0.6 is 0 Å². The first-order valence-electron chi connectivity index (χ1n) is 42.8. The molecule has 2 unspecified atom stereocenters. The van der Waals surface area contributed by atoms with E-state index in [2.05, 4.69) is 52.1 Å². The van der Waals surface area contributed by atoms with Crippen LogP contribution in [-0.4, -0.2) is 229 Å². The number of likely N-dealkylation sites (N-methyl/N-ethyl adjacent to an activating group) is 1. The Morgan fingerprint density at radius 1 is 0.491 bits per heavy atom. The number of hydrogen-bond acceptors (Lipinski definition) is 17. The Kier molecular flexibility index (Phi) is 27.2. The van der Waals surface area contributed by atoms with Crippen molar-refractivity contribution in [3.8, 4) is 56.9 Å². The van der Waals surface area contributed by atoms with Crippen LogP contribution in [0.4, 0.5) is 0 Å². The largest absolute Gasteiger partial charge is 0.496 e. The lowest BCUT2D eigenvalue weighted by molar-refractivity contribution is -0.164. The molecular weight excluding hydrogens is 1470 g/mol. The van der Waals surface area contributed by atoms with Crippen molar-refractivity contribution in [2.24, 2.45) is 64.9 Å². The third kappa shape index (κ3) is 18.0. The number of carboxylic acids is 2. The summed E-state index contributed by atoms with van der Waals surface area (Å²) >= 11 is 0. The number of rotatable bonds is 42. The van der Waals surface area contributed by atoms with Crippen LogP contribution in [0.15, 0.2) is 84.9 Å². The van der Waals surface area contributed by atoms with Gasteiger partial charge in [-0.15, -0.1) is 0 Å². The van der Waals surface area contributed by atoms with E-state index in [1.807, 2.05) is 110 Å². The number of ether oxygens (including phenoxy) is 4. The summed E-state index contributed by atoms with van der Waals surface area (Å²) in [5.74, 6) is 0.0300. The number of amides is 4. The van der Waals surface area contributed by atoms with Crippen LogP contribution in [0.25, 0.3) is 33.9 Å². The topological polar surface area (TPSA) is 299 Å². The van der Waals surface area contributed by atoms with E-state index in [4.69, 9.17) is 30.6 Å². The molecule has 8 aliphatic rings. The van der Waals surface area contributed by atoms with Crippen molar-refractivity contribution >= 4 is 41.4 Å². The minimum atomic E-state index is -1.38. The smallest absolute Gasteiger partial charge is 0.330 e. The summed E-state index contributed by atoms with van der Waals surface area (Å²) in [7, 11) is 16.1. The lowest BCUT2D eigenvalue weighted by atomic mass is 9.48. The van der Waals surface area contributed by atoms with Crippen LogP contribution in [0.3, 0.4) is 0 Å². The molecule has 0 spiro atoms. The molecule has 2 heterocycles. The maximum absolute atomic E-state index is 14.6. The number of nitrogens with zero attached hydrogens (tertiary/aromatic N) is 9. The van der Waals surface area contributed by atoms with Gasteiger partial charge >= 0.3 is 11.9 Å². The maximum atomic E-state index is 14.6. The molecular formula is C91H126N12O13. The fraction of sp³-hybridized carbons (Fsp3) is 0.593. The lowest BCUT2D eigenvalue weighted by Gasteiger charge is -2.59. The highest BCUT2D eigenvalue weighted by atomic mass is 16.5. The van der Waals surface area contributed by atoms with Crippen LogP contribution in [0.1, 0.15) is 208 Å². The van der Waals surface area contributed by atoms with E-state index < -0.39 is 34.8 Å². The fourth-order valence-electron chi connectivity index (χ4n) is 21.2. The van der Waals surface area contributed by atoms with E-state index in [9.17, 15) is 43.8 Å². The van der Waals surface area contributed by atoms with Crippen LogP contribution in [-0.2, 0) is 14.4 Å². The molecule has 0 radical (unpaired) electrons. The summed E-state index contributed by atoms with van der Waals surface area (Å²) in [6.45, 7) is 16.2. The first-order chi connectivity index (χ1) is 56.0. The Morgan fingerprint density at radius 2 is 0.853 bits per heavy atom. The third-order valence-corrected chi connectivity index (χ3v) is 27.0. The Morgan fingerprint density at radius 3 is 1.21 bits per heavy atom.